The average molecular weight is 837 g/mol. The number of aryl methyl sites for hydroxylation is 1. The van der Waals surface area contributed by atoms with Crippen LogP contribution in [0.25, 0.3) is 0 Å². The Hall–Kier alpha value is -4.47. The van der Waals surface area contributed by atoms with E-state index in [0.717, 1.165) is 22.2 Å². The molecule has 2 aliphatic heterocycles. The van der Waals surface area contributed by atoms with E-state index in [2.05, 4.69) is 21.3 Å². The summed E-state index contributed by atoms with van der Waals surface area (Å²) in [5.41, 5.74) is 1.32. The van der Waals surface area contributed by atoms with E-state index in [1.165, 1.54) is 4.90 Å². The molecule has 20 heteroatoms. The quantitative estimate of drug-likeness (QED) is 0.0431. The molecule has 322 valence electrons. The number of carbonyl (C=O) groups is 8. The predicted octanol–water partition coefficient (Wildman–Crippen LogP) is -0.593. The van der Waals surface area contributed by atoms with E-state index < -0.39 is 54.0 Å². The van der Waals surface area contributed by atoms with Crippen molar-refractivity contribution in [3.05, 3.63) is 29.8 Å². The molecule has 0 radical (unpaired) electrons. The Labute approximate surface area is 342 Å². The molecule has 2 aliphatic rings. The number of ether oxygens (including phenoxy) is 5. The molecule has 2 saturated heterocycles. The number of thioether (sulfide) groups is 1. The van der Waals surface area contributed by atoms with E-state index >= 15 is 0 Å². The fraction of sp³-hybridized carbons (Fsp3) is 0.632. The number of nitrogens with zero attached hydrogens (tertiary/aromatic N) is 2. The Morgan fingerprint density at radius 2 is 1.40 bits per heavy atom. The van der Waals surface area contributed by atoms with Crippen LogP contribution in [-0.4, -0.2) is 166 Å². The Kier molecular flexibility index (Phi) is 22.5. The minimum Gasteiger partial charge on any atom is -0.380 e. The lowest BCUT2D eigenvalue weighted by Crippen LogP contribution is -2.50. The van der Waals surface area contributed by atoms with Gasteiger partial charge < -0.3 is 45.0 Å². The number of β-lactam (4-membered cyclic amide) rings is 1. The van der Waals surface area contributed by atoms with Gasteiger partial charge in [0.05, 0.1) is 44.9 Å². The molecule has 4 N–H and O–H groups in total. The number of hydrogen-bond acceptors (Lipinski definition) is 14. The summed E-state index contributed by atoms with van der Waals surface area (Å²) in [4.78, 5) is 102. The summed E-state index contributed by atoms with van der Waals surface area (Å²) in [5.74, 6) is -3.49. The van der Waals surface area contributed by atoms with Crippen molar-refractivity contribution >= 4 is 64.7 Å². The zero-order valence-corrected chi connectivity index (χ0v) is 34.0. The lowest BCUT2D eigenvalue weighted by molar-refractivity contribution is -0.152. The summed E-state index contributed by atoms with van der Waals surface area (Å²) >= 11 is 1.03. The number of carbonyl (C=O) groups excluding carboxylic acids is 8. The first-order chi connectivity index (χ1) is 28.0. The van der Waals surface area contributed by atoms with Crippen LogP contribution < -0.4 is 21.3 Å². The van der Waals surface area contributed by atoms with Crippen molar-refractivity contribution in [2.24, 2.45) is 0 Å². The van der Waals surface area contributed by atoms with Gasteiger partial charge in [-0.15, -0.1) is 11.8 Å². The second-order valence-corrected chi connectivity index (χ2v) is 14.2. The smallest absolute Gasteiger partial charge is 0.250 e. The van der Waals surface area contributed by atoms with Crippen LogP contribution in [0.1, 0.15) is 45.1 Å². The summed E-state index contributed by atoms with van der Waals surface area (Å²) in [6, 6.07) is 5.69. The van der Waals surface area contributed by atoms with Crippen molar-refractivity contribution in [1.82, 2.24) is 25.8 Å². The summed E-state index contributed by atoms with van der Waals surface area (Å²) in [6.07, 6.45) is 0.837. The van der Waals surface area contributed by atoms with E-state index in [0.29, 0.717) is 77.9 Å². The fourth-order valence-electron chi connectivity index (χ4n) is 5.46. The molecule has 2 atom stereocenters. The first-order valence-corrected chi connectivity index (χ1v) is 20.5. The highest BCUT2D eigenvalue weighted by atomic mass is 32.2. The number of rotatable bonds is 30. The van der Waals surface area contributed by atoms with Gasteiger partial charge in [0, 0.05) is 76.5 Å². The second-order valence-electron chi connectivity index (χ2n) is 13.0. The van der Waals surface area contributed by atoms with Crippen LogP contribution in [0.3, 0.4) is 0 Å². The number of anilines is 1. The van der Waals surface area contributed by atoms with Gasteiger partial charge in [0.2, 0.25) is 47.3 Å². The number of benzene rings is 1. The van der Waals surface area contributed by atoms with Crippen LogP contribution in [0.2, 0.25) is 0 Å². The molecular formula is C38H56N6O13S. The van der Waals surface area contributed by atoms with Gasteiger partial charge in [0.25, 0.3) is 0 Å². The van der Waals surface area contributed by atoms with Crippen LogP contribution >= 0.6 is 11.8 Å². The zero-order chi connectivity index (χ0) is 42.1. The maximum atomic E-state index is 13.2. The van der Waals surface area contributed by atoms with Crippen LogP contribution in [0.5, 0.6) is 0 Å². The van der Waals surface area contributed by atoms with Gasteiger partial charge in [-0.25, -0.2) is 0 Å². The van der Waals surface area contributed by atoms with Crippen LogP contribution in [-0.2, 0) is 68.5 Å². The highest BCUT2D eigenvalue weighted by molar-refractivity contribution is 8.00. The minimum atomic E-state index is -1.13. The van der Waals surface area contributed by atoms with Crippen molar-refractivity contribution in [2.75, 3.05) is 103 Å². The number of hydrogen-bond donors (Lipinski definition) is 4. The van der Waals surface area contributed by atoms with Gasteiger partial charge >= 0.3 is 0 Å². The molecule has 2 fully saturated rings. The molecular weight excluding hydrogens is 781 g/mol. The SMILES string of the molecule is CCOCCNC(=O)CCN1C(=O)CC(SC[C@H](NC(=O)COCC(=O)Nc2ccc(CCC(=O)N3CCC3=O)cc2)C(=O)NCCOCCOCCOCC)C1=O. The number of nitrogens with one attached hydrogen (secondary N) is 4. The fourth-order valence-corrected chi connectivity index (χ4v) is 6.65. The molecule has 0 saturated carbocycles. The topological polar surface area (TPSA) is 237 Å². The van der Waals surface area contributed by atoms with E-state index in [1.54, 1.807) is 24.3 Å². The Morgan fingerprint density at radius 1 is 0.759 bits per heavy atom. The van der Waals surface area contributed by atoms with Gasteiger partial charge in [-0.3, -0.25) is 48.2 Å². The molecule has 2 heterocycles. The summed E-state index contributed by atoms with van der Waals surface area (Å²) in [5, 5.41) is 9.77. The molecule has 58 heavy (non-hydrogen) atoms. The molecule has 3 rings (SSSR count). The van der Waals surface area contributed by atoms with Crippen LogP contribution in [0.15, 0.2) is 24.3 Å². The third kappa shape index (κ3) is 18.0. The maximum Gasteiger partial charge on any atom is 0.250 e. The highest BCUT2D eigenvalue weighted by Crippen LogP contribution is 2.26. The van der Waals surface area contributed by atoms with Crippen LogP contribution in [0.4, 0.5) is 5.69 Å². The van der Waals surface area contributed by atoms with Gasteiger partial charge in [-0.05, 0) is 38.0 Å². The standard InChI is InChI=1S/C38H56N6O13S/c1-3-53-17-13-39-31(45)11-15-44-36(50)23-30(38(44)52)58-26-29(37(51)40-14-18-55-21-22-56-20-19-54-4-2)42-33(47)25-57-24-32(46)41-28-8-5-27(6-9-28)7-10-34(48)43-16-12-35(43)49/h5-6,8-9,29-30H,3-4,7,10-26H2,1-2H3,(H,39,45)(H,40,51)(H,41,46)(H,42,47)/t29-,30?/m0/s1. The summed E-state index contributed by atoms with van der Waals surface area (Å²) in [6.45, 7) is 6.67. The molecule has 1 aromatic carbocycles. The minimum absolute atomic E-state index is 0.0669. The molecule has 0 spiro atoms. The van der Waals surface area contributed by atoms with Crippen molar-refractivity contribution in [3.8, 4) is 0 Å². The molecule has 0 aromatic heterocycles. The zero-order valence-electron chi connectivity index (χ0n) is 33.2. The lowest BCUT2D eigenvalue weighted by atomic mass is 10.1. The molecule has 1 aromatic rings. The van der Waals surface area contributed by atoms with E-state index in [1.807, 2.05) is 13.8 Å². The molecule has 1 unspecified atom stereocenters. The normalized spacial score (nSPS) is 15.6. The number of imide groups is 2. The molecule has 0 aliphatic carbocycles. The Bertz CT molecular complexity index is 1530. The van der Waals surface area contributed by atoms with Crippen LogP contribution in [0, 0.1) is 0 Å². The third-order valence-corrected chi connectivity index (χ3v) is 9.93. The number of amides is 8. The van der Waals surface area contributed by atoms with E-state index in [9.17, 15) is 38.4 Å². The Balaban J connectivity index is 1.44. The van der Waals surface area contributed by atoms with Crippen molar-refractivity contribution in [2.45, 2.75) is 57.2 Å². The molecule has 19 nitrogen and oxygen atoms in total. The van der Waals surface area contributed by atoms with Crippen molar-refractivity contribution in [3.63, 3.8) is 0 Å². The predicted molar refractivity (Wildman–Crippen MR) is 210 cm³/mol. The third-order valence-electron chi connectivity index (χ3n) is 8.63. The van der Waals surface area contributed by atoms with E-state index in [4.69, 9.17) is 23.7 Å². The highest BCUT2D eigenvalue weighted by Gasteiger charge is 2.39. The second kappa shape index (κ2) is 27.3. The summed E-state index contributed by atoms with van der Waals surface area (Å²) < 4.78 is 26.6. The lowest BCUT2D eigenvalue weighted by Gasteiger charge is -2.28. The first kappa shape index (κ1) is 47.9. The first-order valence-electron chi connectivity index (χ1n) is 19.4. The average Bonchev–Trinajstić information content (AvgIpc) is 3.47. The van der Waals surface area contributed by atoms with Crippen molar-refractivity contribution in [1.29, 1.82) is 0 Å². The largest absolute Gasteiger partial charge is 0.380 e. The van der Waals surface area contributed by atoms with Gasteiger partial charge in [0.15, 0.2) is 0 Å². The Morgan fingerprint density at radius 3 is 2.07 bits per heavy atom. The van der Waals surface area contributed by atoms with Gasteiger partial charge in [0.1, 0.15) is 19.3 Å². The van der Waals surface area contributed by atoms with Gasteiger partial charge in [-0.1, -0.05) is 12.1 Å². The van der Waals surface area contributed by atoms with Gasteiger partial charge in [-0.2, -0.15) is 0 Å². The number of likely N-dealkylation sites (tertiary alicyclic amines) is 2. The van der Waals surface area contributed by atoms with E-state index in [-0.39, 0.29) is 62.4 Å². The molecule has 8 amide bonds. The van der Waals surface area contributed by atoms with Crippen molar-refractivity contribution < 1.29 is 62.0 Å². The monoisotopic (exact) mass is 836 g/mol. The molecule has 0 bridgehead atoms. The maximum absolute atomic E-state index is 13.2. The summed E-state index contributed by atoms with van der Waals surface area (Å²) in [7, 11) is 0.